The third kappa shape index (κ3) is 4.33. The number of hydrogen-bond acceptors (Lipinski definition) is 5. The normalized spacial score (nSPS) is 10.9. The molecule has 0 atom stereocenters. The molecule has 2 heterocycles. The first kappa shape index (κ1) is 19.6. The van der Waals surface area contributed by atoms with Crippen LogP contribution in [0, 0.1) is 6.92 Å². The number of unbranched alkanes of at least 4 members (excludes halogenated alkanes) is 1. The van der Waals surface area contributed by atoms with Crippen LogP contribution in [0.2, 0.25) is 0 Å². The molecule has 0 saturated carbocycles. The van der Waals surface area contributed by atoms with Crippen LogP contribution >= 0.6 is 0 Å². The van der Waals surface area contributed by atoms with Gasteiger partial charge in [-0.1, -0.05) is 19.4 Å². The highest BCUT2D eigenvalue weighted by atomic mass is 16.5. The van der Waals surface area contributed by atoms with E-state index in [2.05, 4.69) is 22.2 Å². The summed E-state index contributed by atoms with van der Waals surface area (Å²) >= 11 is 0. The van der Waals surface area contributed by atoms with E-state index in [9.17, 15) is 4.79 Å². The van der Waals surface area contributed by atoms with Gasteiger partial charge in [0.15, 0.2) is 11.2 Å². The number of carbonyl (C=O) groups excluding carboxylic acids is 1. The first-order chi connectivity index (χ1) is 14.6. The van der Waals surface area contributed by atoms with Crippen LogP contribution in [0.15, 0.2) is 65.2 Å². The molecule has 6 heteroatoms. The quantitative estimate of drug-likeness (QED) is 0.406. The molecule has 4 aromatic rings. The minimum atomic E-state index is -0.183. The summed E-state index contributed by atoms with van der Waals surface area (Å²) in [7, 11) is 0. The number of ether oxygens (including phenoxy) is 1. The van der Waals surface area contributed by atoms with Crippen LogP contribution in [0.1, 0.15) is 35.7 Å². The van der Waals surface area contributed by atoms with Gasteiger partial charge in [0, 0.05) is 23.0 Å². The van der Waals surface area contributed by atoms with Crippen LogP contribution in [-0.2, 0) is 0 Å². The fraction of sp³-hybridized carbons (Fsp3) is 0.208. The Balaban J connectivity index is 1.49. The van der Waals surface area contributed by atoms with Gasteiger partial charge in [0.05, 0.1) is 6.61 Å². The minimum absolute atomic E-state index is 0.183. The number of benzene rings is 2. The second-order valence-corrected chi connectivity index (χ2v) is 7.06. The van der Waals surface area contributed by atoms with Crippen LogP contribution in [0.3, 0.4) is 0 Å². The number of nitrogens with zero attached hydrogens (tertiary/aromatic N) is 2. The van der Waals surface area contributed by atoms with E-state index in [4.69, 9.17) is 9.15 Å². The maximum Gasteiger partial charge on any atom is 0.255 e. The summed E-state index contributed by atoms with van der Waals surface area (Å²) in [5.74, 6) is 1.02. The zero-order valence-electron chi connectivity index (χ0n) is 17.0. The number of rotatable bonds is 7. The van der Waals surface area contributed by atoms with Crippen LogP contribution in [-0.4, -0.2) is 22.5 Å². The van der Waals surface area contributed by atoms with Crippen molar-refractivity contribution in [2.24, 2.45) is 0 Å². The lowest BCUT2D eigenvalue weighted by Crippen LogP contribution is -2.13. The summed E-state index contributed by atoms with van der Waals surface area (Å²) in [4.78, 5) is 21.3. The molecule has 152 valence electrons. The average Bonchev–Trinajstić information content (AvgIpc) is 3.20. The van der Waals surface area contributed by atoms with E-state index in [1.165, 1.54) is 0 Å². The van der Waals surface area contributed by atoms with Gasteiger partial charge in [-0.15, -0.1) is 0 Å². The Kier molecular flexibility index (Phi) is 5.75. The fourth-order valence-corrected chi connectivity index (χ4v) is 3.09. The smallest absolute Gasteiger partial charge is 0.255 e. The molecule has 1 N–H and O–H groups in total. The Hall–Kier alpha value is -3.67. The maximum absolute atomic E-state index is 12.7. The molecular formula is C24H23N3O3. The molecule has 1 amide bonds. The molecule has 0 aliphatic rings. The average molecular weight is 401 g/mol. The molecule has 2 aromatic heterocycles. The van der Waals surface area contributed by atoms with Gasteiger partial charge in [-0.25, -0.2) is 4.98 Å². The lowest BCUT2D eigenvalue weighted by molar-refractivity contribution is 0.102. The van der Waals surface area contributed by atoms with Crippen molar-refractivity contribution in [1.82, 2.24) is 9.97 Å². The number of fused-ring (bicyclic) bond motifs is 1. The van der Waals surface area contributed by atoms with E-state index in [0.29, 0.717) is 35.0 Å². The topological polar surface area (TPSA) is 77.2 Å². The Bertz CT molecular complexity index is 1150. The SMILES string of the molecule is CCCCOc1cccc(C(=O)Nc2ccc(-c3nc4ncccc4o3)cc2C)c1. The number of anilines is 1. The summed E-state index contributed by atoms with van der Waals surface area (Å²) < 4.78 is 11.5. The van der Waals surface area contributed by atoms with Gasteiger partial charge in [-0.05, 0) is 67.4 Å². The van der Waals surface area contributed by atoms with Gasteiger partial charge in [-0.2, -0.15) is 4.98 Å². The molecule has 4 rings (SSSR count). The third-order valence-electron chi connectivity index (χ3n) is 4.75. The highest BCUT2D eigenvalue weighted by molar-refractivity contribution is 6.05. The zero-order chi connectivity index (χ0) is 20.9. The minimum Gasteiger partial charge on any atom is -0.494 e. The van der Waals surface area contributed by atoms with Gasteiger partial charge >= 0.3 is 0 Å². The zero-order valence-corrected chi connectivity index (χ0v) is 17.0. The van der Waals surface area contributed by atoms with E-state index in [1.807, 2.05) is 49.4 Å². The number of hydrogen-bond donors (Lipinski definition) is 1. The molecule has 0 unspecified atom stereocenters. The summed E-state index contributed by atoms with van der Waals surface area (Å²) in [5.41, 5.74) is 4.24. The Morgan fingerprint density at radius 1 is 1.13 bits per heavy atom. The van der Waals surface area contributed by atoms with Crippen molar-refractivity contribution in [2.75, 3.05) is 11.9 Å². The largest absolute Gasteiger partial charge is 0.494 e. The molecule has 0 spiro atoms. The van der Waals surface area contributed by atoms with Crippen LogP contribution in [0.5, 0.6) is 5.75 Å². The van der Waals surface area contributed by atoms with Gasteiger partial charge in [0.25, 0.3) is 5.91 Å². The highest BCUT2D eigenvalue weighted by Gasteiger charge is 2.12. The summed E-state index contributed by atoms with van der Waals surface area (Å²) in [6.45, 7) is 4.69. The van der Waals surface area contributed by atoms with Crippen molar-refractivity contribution < 1.29 is 13.9 Å². The number of aromatic nitrogens is 2. The first-order valence-corrected chi connectivity index (χ1v) is 10.0. The van der Waals surface area contributed by atoms with Gasteiger partial charge < -0.3 is 14.5 Å². The second-order valence-electron chi connectivity index (χ2n) is 7.06. The predicted octanol–water partition coefficient (Wildman–Crippen LogP) is 5.63. The number of pyridine rings is 1. The first-order valence-electron chi connectivity index (χ1n) is 10.0. The molecule has 0 fully saturated rings. The molecule has 0 aliphatic heterocycles. The molecule has 6 nitrogen and oxygen atoms in total. The Labute approximate surface area is 174 Å². The summed E-state index contributed by atoms with van der Waals surface area (Å²) in [5, 5.41) is 2.97. The standard InChI is InChI=1S/C24H23N3O3/c1-3-4-13-29-19-8-5-7-17(15-19)23(28)26-20-11-10-18(14-16(20)2)24-27-22-21(30-24)9-6-12-25-22/h5-12,14-15H,3-4,13H2,1-2H3,(H,26,28). The summed E-state index contributed by atoms with van der Waals surface area (Å²) in [6.07, 6.45) is 3.73. The highest BCUT2D eigenvalue weighted by Crippen LogP contribution is 2.27. The Morgan fingerprint density at radius 3 is 2.83 bits per heavy atom. The third-order valence-corrected chi connectivity index (χ3v) is 4.75. The van der Waals surface area contributed by atoms with Crippen molar-refractivity contribution in [1.29, 1.82) is 0 Å². The predicted molar refractivity (Wildman–Crippen MR) is 117 cm³/mol. The van der Waals surface area contributed by atoms with E-state index in [0.717, 1.165) is 29.7 Å². The van der Waals surface area contributed by atoms with Crippen LogP contribution in [0.4, 0.5) is 5.69 Å². The van der Waals surface area contributed by atoms with Crippen LogP contribution < -0.4 is 10.1 Å². The maximum atomic E-state index is 12.7. The molecule has 30 heavy (non-hydrogen) atoms. The number of aryl methyl sites for hydroxylation is 1. The Morgan fingerprint density at radius 2 is 2.03 bits per heavy atom. The number of amides is 1. The fourth-order valence-electron chi connectivity index (χ4n) is 3.09. The van der Waals surface area contributed by atoms with Crippen molar-refractivity contribution in [3.05, 3.63) is 71.9 Å². The van der Waals surface area contributed by atoms with Crippen LogP contribution in [0.25, 0.3) is 22.7 Å². The second kappa shape index (κ2) is 8.78. The van der Waals surface area contributed by atoms with Gasteiger partial charge in [0.2, 0.25) is 5.89 Å². The number of oxazole rings is 1. The molecule has 0 saturated heterocycles. The lowest BCUT2D eigenvalue weighted by Gasteiger charge is -2.11. The van der Waals surface area contributed by atoms with Crippen molar-refractivity contribution in [3.8, 4) is 17.2 Å². The molecule has 0 bridgehead atoms. The molecule has 0 aliphatic carbocycles. The van der Waals surface area contributed by atoms with E-state index in [1.54, 1.807) is 18.3 Å². The van der Waals surface area contributed by atoms with Gasteiger partial charge in [0.1, 0.15) is 5.75 Å². The monoisotopic (exact) mass is 401 g/mol. The van der Waals surface area contributed by atoms with Crippen molar-refractivity contribution in [2.45, 2.75) is 26.7 Å². The summed E-state index contributed by atoms with van der Waals surface area (Å²) in [6, 6.07) is 16.5. The molecular weight excluding hydrogens is 378 g/mol. The number of nitrogens with one attached hydrogen (secondary N) is 1. The van der Waals surface area contributed by atoms with Gasteiger partial charge in [-0.3, -0.25) is 4.79 Å². The van der Waals surface area contributed by atoms with E-state index >= 15 is 0 Å². The molecule has 0 radical (unpaired) electrons. The lowest BCUT2D eigenvalue weighted by atomic mass is 10.1. The van der Waals surface area contributed by atoms with E-state index in [-0.39, 0.29) is 5.91 Å². The van der Waals surface area contributed by atoms with Crippen molar-refractivity contribution >= 4 is 22.8 Å². The number of carbonyl (C=O) groups is 1. The van der Waals surface area contributed by atoms with E-state index < -0.39 is 0 Å². The molecule has 2 aromatic carbocycles. The van der Waals surface area contributed by atoms with Crippen molar-refractivity contribution in [3.63, 3.8) is 0 Å².